The quantitative estimate of drug-likeness (QED) is 0.802. The van der Waals surface area contributed by atoms with Crippen molar-refractivity contribution in [2.75, 3.05) is 0 Å². The van der Waals surface area contributed by atoms with Crippen molar-refractivity contribution >= 4 is 11.0 Å². The van der Waals surface area contributed by atoms with Crippen LogP contribution in [0.3, 0.4) is 0 Å². The molecule has 0 spiro atoms. The molecule has 3 heteroatoms. The van der Waals surface area contributed by atoms with Crippen molar-refractivity contribution in [3.8, 4) is 0 Å². The number of nitrogens with one attached hydrogen (secondary N) is 1. The Morgan fingerprint density at radius 2 is 2.07 bits per heavy atom. The van der Waals surface area contributed by atoms with Crippen LogP contribution in [0.25, 0.3) is 11.0 Å². The van der Waals surface area contributed by atoms with Gasteiger partial charge >= 0.3 is 0 Å². The van der Waals surface area contributed by atoms with Crippen molar-refractivity contribution in [2.24, 2.45) is 11.7 Å². The van der Waals surface area contributed by atoms with Crippen molar-refractivity contribution < 1.29 is 0 Å². The second kappa shape index (κ2) is 4.03. The highest BCUT2D eigenvalue weighted by Gasteiger charge is 2.11. The highest BCUT2D eigenvalue weighted by Crippen LogP contribution is 2.12. The van der Waals surface area contributed by atoms with Gasteiger partial charge < -0.3 is 10.7 Å². The zero-order valence-electron chi connectivity index (χ0n) is 9.20. The Bertz CT molecular complexity index is 412. The number of hydrogen-bond acceptors (Lipinski definition) is 2. The summed E-state index contributed by atoms with van der Waals surface area (Å²) in [6.07, 6.45) is 0.812. The van der Waals surface area contributed by atoms with E-state index in [-0.39, 0.29) is 6.04 Å². The molecule has 1 unspecified atom stereocenters. The molecule has 0 fully saturated rings. The van der Waals surface area contributed by atoms with Crippen LogP contribution in [0.5, 0.6) is 0 Å². The van der Waals surface area contributed by atoms with Gasteiger partial charge in [0.15, 0.2) is 0 Å². The molecule has 1 heterocycles. The van der Waals surface area contributed by atoms with E-state index in [0.717, 1.165) is 23.3 Å². The van der Waals surface area contributed by atoms with Crippen LogP contribution in [0.1, 0.15) is 19.7 Å². The molecular formula is C12H17N3. The number of para-hydroxylation sites is 2. The average Bonchev–Trinajstić information content (AvgIpc) is 2.59. The van der Waals surface area contributed by atoms with Crippen molar-refractivity contribution in [3.63, 3.8) is 0 Å². The van der Waals surface area contributed by atoms with E-state index in [9.17, 15) is 0 Å². The van der Waals surface area contributed by atoms with Crippen LogP contribution in [-0.2, 0) is 6.42 Å². The minimum Gasteiger partial charge on any atom is -0.342 e. The molecule has 0 aliphatic heterocycles. The molecule has 2 rings (SSSR count). The largest absolute Gasteiger partial charge is 0.342 e. The number of aromatic amines is 1. The summed E-state index contributed by atoms with van der Waals surface area (Å²) in [5, 5.41) is 0. The highest BCUT2D eigenvalue weighted by molar-refractivity contribution is 5.74. The molecule has 80 valence electrons. The molecule has 1 aromatic heterocycles. The fourth-order valence-corrected chi connectivity index (χ4v) is 1.56. The molecule has 1 aromatic carbocycles. The molecule has 3 N–H and O–H groups in total. The van der Waals surface area contributed by atoms with Crippen molar-refractivity contribution in [1.29, 1.82) is 0 Å². The third-order valence-corrected chi connectivity index (χ3v) is 2.72. The van der Waals surface area contributed by atoms with Gasteiger partial charge in [-0.2, -0.15) is 0 Å². The SMILES string of the molecule is CC(C)C(N)Cc1nc2ccccc2[nH]1. The number of H-pyrrole nitrogens is 1. The lowest BCUT2D eigenvalue weighted by atomic mass is 10.0. The van der Waals surface area contributed by atoms with Gasteiger partial charge in [-0.3, -0.25) is 0 Å². The van der Waals surface area contributed by atoms with Crippen LogP contribution in [-0.4, -0.2) is 16.0 Å². The van der Waals surface area contributed by atoms with Gasteiger partial charge in [0.05, 0.1) is 11.0 Å². The van der Waals surface area contributed by atoms with E-state index in [0.29, 0.717) is 5.92 Å². The molecule has 3 nitrogen and oxygen atoms in total. The van der Waals surface area contributed by atoms with E-state index in [2.05, 4.69) is 23.8 Å². The molecular weight excluding hydrogens is 186 g/mol. The zero-order chi connectivity index (χ0) is 10.8. The summed E-state index contributed by atoms with van der Waals surface area (Å²) in [4.78, 5) is 7.79. The smallest absolute Gasteiger partial charge is 0.108 e. The van der Waals surface area contributed by atoms with Gasteiger partial charge in [-0.15, -0.1) is 0 Å². The van der Waals surface area contributed by atoms with Crippen LogP contribution < -0.4 is 5.73 Å². The summed E-state index contributed by atoms with van der Waals surface area (Å²) in [5.41, 5.74) is 8.11. The minimum absolute atomic E-state index is 0.172. The zero-order valence-corrected chi connectivity index (χ0v) is 9.20. The van der Waals surface area contributed by atoms with Crippen molar-refractivity contribution in [2.45, 2.75) is 26.3 Å². The van der Waals surface area contributed by atoms with Crippen LogP contribution in [0.15, 0.2) is 24.3 Å². The maximum atomic E-state index is 6.01. The molecule has 0 bridgehead atoms. The van der Waals surface area contributed by atoms with Gasteiger partial charge in [0, 0.05) is 12.5 Å². The number of aromatic nitrogens is 2. The lowest BCUT2D eigenvalue weighted by Crippen LogP contribution is -2.29. The standard InChI is InChI=1S/C12H17N3/c1-8(2)9(13)7-12-14-10-5-3-4-6-11(10)15-12/h3-6,8-9H,7,13H2,1-2H3,(H,14,15). The lowest BCUT2D eigenvalue weighted by molar-refractivity contribution is 0.483. The first-order valence-corrected chi connectivity index (χ1v) is 5.36. The van der Waals surface area contributed by atoms with Crippen molar-refractivity contribution in [1.82, 2.24) is 9.97 Å². The van der Waals surface area contributed by atoms with Gasteiger partial charge in [0.25, 0.3) is 0 Å². The van der Waals surface area contributed by atoms with Gasteiger partial charge in [0.1, 0.15) is 5.82 Å². The Hall–Kier alpha value is -1.35. The van der Waals surface area contributed by atoms with Crippen LogP contribution in [0.2, 0.25) is 0 Å². The third kappa shape index (κ3) is 2.18. The van der Waals surface area contributed by atoms with Gasteiger partial charge in [0.2, 0.25) is 0 Å². The molecule has 0 saturated carbocycles. The Labute approximate surface area is 89.7 Å². The lowest BCUT2D eigenvalue weighted by Gasteiger charge is -2.13. The van der Waals surface area contributed by atoms with E-state index < -0.39 is 0 Å². The first-order chi connectivity index (χ1) is 7.16. The molecule has 0 aliphatic rings. The Morgan fingerprint density at radius 1 is 1.33 bits per heavy atom. The first kappa shape index (κ1) is 10.2. The molecule has 1 atom stereocenters. The van der Waals surface area contributed by atoms with E-state index in [1.165, 1.54) is 0 Å². The fraction of sp³-hybridized carbons (Fsp3) is 0.417. The summed E-state index contributed by atoms with van der Waals surface area (Å²) >= 11 is 0. The molecule has 0 amide bonds. The summed E-state index contributed by atoms with van der Waals surface area (Å²) in [6, 6.07) is 8.22. The maximum absolute atomic E-state index is 6.01. The Kier molecular flexibility index (Phi) is 2.73. The predicted octanol–water partition coefficient (Wildman–Crippen LogP) is 2.09. The fourth-order valence-electron chi connectivity index (χ4n) is 1.56. The molecule has 0 aliphatic carbocycles. The number of nitrogens with zero attached hydrogens (tertiary/aromatic N) is 1. The Morgan fingerprint density at radius 3 is 2.73 bits per heavy atom. The average molecular weight is 203 g/mol. The molecule has 15 heavy (non-hydrogen) atoms. The number of nitrogens with two attached hydrogens (primary N) is 1. The van der Waals surface area contributed by atoms with E-state index in [4.69, 9.17) is 5.73 Å². The van der Waals surface area contributed by atoms with Crippen LogP contribution in [0.4, 0.5) is 0 Å². The van der Waals surface area contributed by atoms with Gasteiger partial charge in [-0.05, 0) is 18.1 Å². The summed E-state index contributed by atoms with van der Waals surface area (Å²) in [6.45, 7) is 4.26. The minimum atomic E-state index is 0.172. The Balaban J connectivity index is 2.22. The summed E-state index contributed by atoms with van der Waals surface area (Å²) < 4.78 is 0. The van der Waals surface area contributed by atoms with E-state index in [1.807, 2.05) is 24.3 Å². The monoisotopic (exact) mass is 203 g/mol. The van der Waals surface area contributed by atoms with Crippen molar-refractivity contribution in [3.05, 3.63) is 30.1 Å². The van der Waals surface area contributed by atoms with Crippen LogP contribution >= 0.6 is 0 Å². The third-order valence-electron chi connectivity index (χ3n) is 2.72. The number of benzene rings is 1. The number of fused-ring (bicyclic) bond motifs is 1. The molecule has 0 saturated heterocycles. The maximum Gasteiger partial charge on any atom is 0.108 e. The van der Waals surface area contributed by atoms with Gasteiger partial charge in [-0.1, -0.05) is 26.0 Å². The van der Waals surface area contributed by atoms with Crippen LogP contribution in [0, 0.1) is 5.92 Å². The number of hydrogen-bond donors (Lipinski definition) is 2. The number of rotatable bonds is 3. The highest BCUT2D eigenvalue weighted by atomic mass is 14.9. The molecule has 0 radical (unpaired) electrons. The first-order valence-electron chi connectivity index (χ1n) is 5.36. The second-order valence-electron chi connectivity index (χ2n) is 4.31. The van der Waals surface area contributed by atoms with E-state index in [1.54, 1.807) is 0 Å². The predicted molar refractivity (Wildman–Crippen MR) is 62.6 cm³/mol. The van der Waals surface area contributed by atoms with E-state index >= 15 is 0 Å². The second-order valence-corrected chi connectivity index (χ2v) is 4.31. The number of imidazole rings is 1. The summed E-state index contributed by atoms with van der Waals surface area (Å²) in [5.74, 6) is 1.47. The van der Waals surface area contributed by atoms with Gasteiger partial charge in [-0.25, -0.2) is 4.98 Å². The topological polar surface area (TPSA) is 54.7 Å². The summed E-state index contributed by atoms with van der Waals surface area (Å²) in [7, 11) is 0. The normalized spacial score (nSPS) is 13.6. The molecule has 2 aromatic rings.